The summed E-state index contributed by atoms with van der Waals surface area (Å²) < 4.78 is 27.0. The van der Waals surface area contributed by atoms with E-state index in [1.807, 2.05) is 24.3 Å². The lowest BCUT2D eigenvalue weighted by atomic mass is 10.1. The smallest absolute Gasteiger partial charge is 0.244 e. The van der Waals surface area contributed by atoms with E-state index in [1.165, 1.54) is 6.20 Å². The summed E-state index contributed by atoms with van der Waals surface area (Å²) in [4.78, 5) is 4.17. The summed E-state index contributed by atoms with van der Waals surface area (Å²) in [5.74, 6) is 0.745. The van der Waals surface area contributed by atoms with Crippen LogP contribution in [0.15, 0.2) is 53.7 Å². The first-order valence-corrected chi connectivity index (χ1v) is 10.2. The Balaban J connectivity index is 1.78. The highest BCUT2D eigenvalue weighted by Crippen LogP contribution is 2.38. The molecule has 1 saturated heterocycles. The number of halogens is 1. The molecule has 0 bridgehead atoms. The molecule has 0 unspecified atom stereocenters. The SMILES string of the molecule is O=S(=O)(c1cccnc1)N1CCS[C@@H](c2ccccc2Cl)CC1. The van der Waals surface area contributed by atoms with Crippen molar-refractivity contribution in [3.05, 3.63) is 59.4 Å². The van der Waals surface area contributed by atoms with Crippen molar-refractivity contribution in [2.24, 2.45) is 0 Å². The average molecular weight is 369 g/mol. The summed E-state index contributed by atoms with van der Waals surface area (Å²) in [7, 11) is -3.48. The second kappa shape index (κ2) is 7.21. The molecule has 0 saturated carbocycles. The highest BCUT2D eigenvalue weighted by atomic mass is 35.5. The van der Waals surface area contributed by atoms with Gasteiger partial charge >= 0.3 is 0 Å². The molecule has 23 heavy (non-hydrogen) atoms. The van der Waals surface area contributed by atoms with Crippen LogP contribution < -0.4 is 0 Å². The van der Waals surface area contributed by atoms with Gasteiger partial charge in [0.15, 0.2) is 0 Å². The van der Waals surface area contributed by atoms with Crippen molar-refractivity contribution < 1.29 is 8.42 Å². The van der Waals surface area contributed by atoms with Gasteiger partial charge in [-0.15, -0.1) is 0 Å². The van der Waals surface area contributed by atoms with Crippen molar-refractivity contribution in [1.29, 1.82) is 0 Å². The molecule has 1 aromatic heterocycles. The predicted octanol–water partition coefficient (Wildman–Crippen LogP) is 3.60. The molecule has 3 rings (SSSR count). The molecule has 7 heteroatoms. The van der Waals surface area contributed by atoms with Crippen LogP contribution in [-0.4, -0.2) is 36.5 Å². The summed E-state index contributed by atoms with van der Waals surface area (Å²) in [6.07, 6.45) is 3.72. The molecule has 1 aliphatic heterocycles. The molecule has 2 heterocycles. The average Bonchev–Trinajstić information content (AvgIpc) is 2.83. The van der Waals surface area contributed by atoms with Crippen LogP contribution in [-0.2, 0) is 10.0 Å². The number of thioether (sulfide) groups is 1. The first-order valence-electron chi connectivity index (χ1n) is 7.35. The van der Waals surface area contributed by atoms with E-state index in [0.29, 0.717) is 13.1 Å². The van der Waals surface area contributed by atoms with E-state index in [9.17, 15) is 8.42 Å². The highest BCUT2D eigenvalue weighted by molar-refractivity contribution is 7.99. The van der Waals surface area contributed by atoms with Crippen LogP contribution in [0.5, 0.6) is 0 Å². The maximum atomic E-state index is 12.7. The van der Waals surface area contributed by atoms with Gasteiger partial charge in [-0.1, -0.05) is 29.8 Å². The van der Waals surface area contributed by atoms with E-state index in [-0.39, 0.29) is 10.1 Å². The van der Waals surface area contributed by atoms with Crippen molar-refractivity contribution in [3.63, 3.8) is 0 Å². The third-order valence-corrected chi connectivity index (χ3v) is 7.36. The third kappa shape index (κ3) is 3.71. The van der Waals surface area contributed by atoms with E-state index in [4.69, 9.17) is 11.6 Å². The fourth-order valence-corrected chi connectivity index (χ4v) is 5.76. The van der Waals surface area contributed by atoms with Gasteiger partial charge in [-0.05, 0) is 30.2 Å². The number of hydrogen-bond donors (Lipinski definition) is 0. The monoisotopic (exact) mass is 368 g/mol. The quantitative estimate of drug-likeness (QED) is 0.830. The third-order valence-electron chi connectivity index (χ3n) is 3.82. The van der Waals surface area contributed by atoms with Gasteiger partial charge in [-0.25, -0.2) is 8.42 Å². The van der Waals surface area contributed by atoms with Gasteiger partial charge in [0.1, 0.15) is 4.90 Å². The molecule has 0 radical (unpaired) electrons. The van der Waals surface area contributed by atoms with Crippen LogP contribution in [0.3, 0.4) is 0 Å². The van der Waals surface area contributed by atoms with E-state index >= 15 is 0 Å². The van der Waals surface area contributed by atoms with Gasteiger partial charge in [0.05, 0.1) is 0 Å². The zero-order chi connectivity index (χ0) is 16.3. The fraction of sp³-hybridized carbons (Fsp3) is 0.312. The molecule has 0 spiro atoms. The number of rotatable bonds is 3. The van der Waals surface area contributed by atoms with Gasteiger partial charge in [-0.2, -0.15) is 16.1 Å². The Morgan fingerprint density at radius 1 is 1.17 bits per heavy atom. The zero-order valence-corrected chi connectivity index (χ0v) is 14.8. The maximum Gasteiger partial charge on any atom is 0.244 e. The largest absolute Gasteiger partial charge is 0.263 e. The molecule has 1 aliphatic rings. The maximum absolute atomic E-state index is 12.7. The second-order valence-corrected chi connectivity index (χ2v) is 8.92. The molecule has 1 atom stereocenters. The Labute approximate surface area is 145 Å². The molecule has 0 N–H and O–H groups in total. The van der Waals surface area contributed by atoms with E-state index in [1.54, 1.807) is 34.4 Å². The van der Waals surface area contributed by atoms with Crippen molar-refractivity contribution in [3.8, 4) is 0 Å². The van der Waals surface area contributed by atoms with Crippen molar-refractivity contribution in [2.45, 2.75) is 16.6 Å². The summed E-state index contributed by atoms with van der Waals surface area (Å²) >= 11 is 8.04. The summed E-state index contributed by atoms with van der Waals surface area (Å²) in [6, 6.07) is 11.0. The Morgan fingerprint density at radius 3 is 2.74 bits per heavy atom. The molecule has 4 nitrogen and oxygen atoms in total. The van der Waals surface area contributed by atoms with E-state index in [2.05, 4.69) is 4.98 Å². The van der Waals surface area contributed by atoms with Crippen molar-refractivity contribution >= 4 is 33.4 Å². The molecular weight excluding hydrogens is 352 g/mol. The Kier molecular flexibility index (Phi) is 5.26. The van der Waals surface area contributed by atoms with E-state index < -0.39 is 10.0 Å². The standard InChI is InChI=1S/C16H17ClN2O2S2/c17-15-6-2-1-5-14(15)16-7-9-19(10-11-22-16)23(20,21)13-4-3-8-18-12-13/h1-6,8,12,16H,7,9-11H2/t16-/m1/s1. The van der Waals surface area contributed by atoms with Crippen LogP contribution in [0.25, 0.3) is 0 Å². The lowest BCUT2D eigenvalue weighted by Gasteiger charge is -2.20. The lowest BCUT2D eigenvalue weighted by molar-refractivity contribution is 0.428. The van der Waals surface area contributed by atoms with Crippen LogP contribution in [0.2, 0.25) is 5.02 Å². The Hall–Kier alpha value is -1.08. The van der Waals surface area contributed by atoms with Gasteiger partial charge in [0.25, 0.3) is 0 Å². The Morgan fingerprint density at radius 2 is 2.00 bits per heavy atom. The van der Waals surface area contributed by atoms with Gasteiger partial charge in [-0.3, -0.25) is 4.98 Å². The van der Waals surface area contributed by atoms with Crippen LogP contribution in [0, 0.1) is 0 Å². The number of aromatic nitrogens is 1. The van der Waals surface area contributed by atoms with E-state index in [0.717, 1.165) is 22.8 Å². The normalized spacial score (nSPS) is 20.1. The zero-order valence-electron chi connectivity index (χ0n) is 12.4. The molecular formula is C16H17ClN2O2S2. The topological polar surface area (TPSA) is 50.3 Å². The van der Waals surface area contributed by atoms with Gasteiger partial charge in [0.2, 0.25) is 10.0 Å². The summed E-state index contributed by atoms with van der Waals surface area (Å²) in [5, 5.41) is 0.964. The van der Waals surface area contributed by atoms with Crippen LogP contribution in [0.4, 0.5) is 0 Å². The first-order chi connectivity index (χ1) is 11.1. The van der Waals surface area contributed by atoms with Crippen LogP contribution in [0.1, 0.15) is 17.2 Å². The predicted molar refractivity (Wildman–Crippen MR) is 94.3 cm³/mol. The second-order valence-electron chi connectivity index (χ2n) is 5.26. The number of sulfonamides is 1. The number of pyridine rings is 1. The number of nitrogens with zero attached hydrogens (tertiary/aromatic N) is 2. The van der Waals surface area contributed by atoms with Crippen molar-refractivity contribution in [1.82, 2.24) is 9.29 Å². The lowest BCUT2D eigenvalue weighted by Crippen LogP contribution is -2.33. The van der Waals surface area contributed by atoms with Gasteiger partial charge in [0, 0.05) is 41.5 Å². The molecule has 2 aromatic rings. The number of hydrogen-bond acceptors (Lipinski definition) is 4. The minimum atomic E-state index is -3.48. The molecule has 0 aliphatic carbocycles. The van der Waals surface area contributed by atoms with Gasteiger partial charge < -0.3 is 0 Å². The summed E-state index contributed by atoms with van der Waals surface area (Å²) in [6.45, 7) is 0.989. The highest BCUT2D eigenvalue weighted by Gasteiger charge is 2.28. The van der Waals surface area contributed by atoms with Crippen LogP contribution >= 0.6 is 23.4 Å². The molecule has 122 valence electrons. The molecule has 0 amide bonds. The molecule has 1 fully saturated rings. The minimum Gasteiger partial charge on any atom is -0.263 e. The Bertz CT molecular complexity index is 769. The summed E-state index contributed by atoms with van der Waals surface area (Å²) in [5.41, 5.74) is 1.08. The fourth-order valence-electron chi connectivity index (χ4n) is 2.62. The first kappa shape index (κ1) is 16.8. The number of benzene rings is 1. The minimum absolute atomic E-state index is 0.220. The van der Waals surface area contributed by atoms with Crippen molar-refractivity contribution in [2.75, 3.05) is 18.8 Å². The molecule has 1 aromatic carbocycles.